The molecule has 3 rings (SSSR count). The van der Waals surface area contributed by atoms with Gasteiger partial charge in [0.15, 0.2) is 12.6 Å². The molecule has 1 saturated carbocycles. The van der Waals surface area contributed by atoms with Crippen molar-refractivity contribution in [3.63, 3.8) is 0 Å². The molecule has 3 fully saturated rings. The quantitative estimate of drug-likeness (QED) is 0.0998. The first-order chi connectivity index (χ1) is 15.9. The van der Waals surface area contributed by atoms with Gasteiger partial charge in [0.05, 0.1) is 30.9 Å². The van der Waals surface area contributed by atoms with Crippen LogP contribution in [-0.4, -0.2) is 150 Å². The Morgan fingerprint density at radius 2 is 1.65 bits per heavy atom. The highest BCUT2D eigenvalue weighted by Gasteiger charge is 2.71. The van der Waals surface area contributed by atoms with Gasteiger partial charge in [0.2, 0.25) is 0 Å². The fourth-order valence-corrected chi connectivity index (χ4v) is 4.75. The predicted octanol–water partition coefficient (Wildman–Crippen LogP) is -5.92. The largest absolute Gasteiger partial charge is 0.393 e. The molecule has 34 heavy (non-hydrogen) atoms. The van der Waals surface area contributed by atoms with Crippen LogP contribution < -0.4 is 5.32 Å². The zero-order valence-corrected chi connectivity index (χ0v) is 18.7. The van der Waals surface area contributed by atoms with Crippen LogP contribution in [0.3, 0.4) is 0 Å². The average Bonchev–Trinajstić information content (AvgIpc) is 3.58. The number of carbonyl (C=O) groups is 1. The van der Waals surface area contributed by atoms with E-state index in [4.69, 9.17) is 14.2 Å². The minimum atomic E-state index is -1.87. The van der Waals surface area contributed by atoms with Gasteiger partial charge in [-0.15, -0.1) is 0 Å². The number of carbonyl (C=O) groups excluding carboxylic acids is 1. The van der Waals surface area contributed by atoms with Gasteiger partial charge < -0.3 is 70.3 Å². The third kappa shape index (κ3) is 4.76. The summed E-state index contributed by atoms with van der Waals surface area (Å²) in [4.78, 5) is 10.8. The standard InChI is InChI=1S/C20H35NO13/c1-3-7(24)16(11(26)8(25)4-22)33-19-15(30)12(27)9(6(2)32-19)21-10-13(28)14(29)17(31)20(5-23)18(10)34-20/h4,6-19,21,23-31H,3,5H2,1-2H3. The number of ether oxygens (including phenoxy) is 3. The van der Waals surface area contributed by atoms with E-state index in [9.17, 15) is 50.8 Å². The molecule has 0 bridgehead atoms. The summed E-state index contributed by atoms with van der Waals surface area (Å²) in [5, 5.41) is 94.5. The van der Waals surface area contributed by atoms with Crippen molar-refractivity contribution in [1.29, 1.82) is 0 Å². The second-order valence-corrected chi connectivity index (χ2v) is 9.18. The van der Waals surface area contributed by atoms with Crippen molar-refractivity contribution in [2.75, 3.05) is 6.61 Å². The molecule has 2 aliphatic heterocycles. The first-order valence-electron chi connectivity index (χ1n) is 11.2. The van der Waals surface area contributed by atoms with Gasteiger partial charge in [0.25, 0.3) is 0 Å². The Morgan fingerprint density at radius 3 is 2.21 bits per heavy atom. The molecule has 15 atom stereocenters. The summed E-state index contributed by atoms with van der Waals surface area (Å²) in [7, 11) is 0. The van der Waals surface area contributed by atoms with Crippen LogP contribution in [0.1, 0.15) is 20.3 Å². The van der Waals surface area contributed by atoms with E-state index >= 15 is 0 Å². The number of nitrogens with one attached hydrogen (secondary N) is 1. The molecule has 1 aliphatic carbocycles. The van der Waals surface area contributed by atoms with Crippen LogP contribution in [0.4, 0.5) is 0 Å². The highest BCUT2D eigenvalue weighted by molar-refractivity contribution is 5.56. The van der Waals surface area contributed by atoms with E-state index in [1.165, 1.54) is 6.92 Å². The summed E-state index contributed by atoms with van der Waals surface area (Å²) < 4.78 is 16.5. The van der Waals surface area contributed by atoms with Gasteiger partial charge in [0, 0.05) is 0 Å². The lowest BCUT2D eigenvalue weighted by Crippen LogP contribution is -2.70. The smallest absolute Gasteiger partial charge is 0.187 e. The van der Waals surface area contributed by atoms with Crippen LogP contribution in [0, 0.1) is 0 Å². The van der Waals surface area contributed by atoms with Gasteiger partial charge in [-0.3, -0.25) is 0 Å². The van der Waals surface area contributed by atoms with Crippen LogP contribution in [0.2, 0.25) is 0 Å². The normalized spacial score (nSPS) is 47.9. The van der Waals surface area contributed by atoms with Gasteiger partial charge in [-0.25, -0.2) is 0 Å². The number of fused-ring (bicyclic) bond motifs is 1. The third-order valence-corrected chi connectivity index (χ3v) is 7.04. The molecule has 0 aromatic carbocycles. The van der Waals surface area contributed by atoms with Gasteiger partial charge in [-0.2, -0.15) is 0 Å². The summed E-state index contributed by atoms with van der Waals surface area (Å²) in [5.74, 6) is 0. The number of epoxide rings is 1. The van der Waals surface area contributed by atoms with E-state index in [2.05, 4.69) is 5.32 Å². The molecule has 10 N–H and O–H groups in total. The minimum absolute atomic E-state index is 0.0617. The van der Waals surface area contributed by atoms with Gasteiger partial charge in [0.1, 0.15) is 60.5 Å². The lowest BCUT2D eigenvalue weighted by Gasteiger charge is -2.46. The zero-order chi connectivity index (χ0) is 25.5. The number of hydrogen-bond donors (Lipinski definition) is 10. The number of aliphatic hydroxyl groups excluding tert-OH is 9. The summed E-state index contributed by atoms with van der Waals surface area (Å²) in [6.07, 6.45) is -17.8. The fourth-order valence-electron chi connectivity index (χ4n) is 4.75. The topological polar surface area (TPSA) is 242 Å². The maximum Gasteiger partial charge on any atom is 0.187 e. The Balaban J connectivity index is 1.71. The Hall–Kier alpha value is -0.850. The van der Waals surface area contributed by atoms with Gasteiger partial charge >= 0.3 is 0 Å². The predicted molar refractivity (Wildman–Crippen MR) is 109 cm³/mol. The summed E-state index contributed by atoms with van der Waals surface area (Å²) in [6.45, 7) is 2.44. The van der Waals surface area contributed by atoms with Crippen LogP contribution in [0.25, 0.3) is 0 Å². The minimum Gasteiger partial charge on any atom is -0.393 e. The number of aldehydes is 1. The molecule has 15 unspecified atom stereocenters. The van der Waals surface area contributed by atoms with Crippen molar-refractivity contribution in [3.05, 3.63) is 0 Å². The monoisotopic (exact) mass is 497 g/mol. The van der Waals surface area contributed by atoms with Crippen LogP contribution >= 0.6 is 0 Å². The fraction of sp³-hybridized carbons (Fsp3) is 0.950. The molecular weight excluding hydrogens is 462 g/mol. The Labute approximate surface area is 195 Å². The van der Waals surface area contributed by atoms with Gasteiger partial charge in [-0.05, 0) is 13.3 Å². The lowest BCUT2D eigenvalue weighted by atomic mass is 9.79. The van der Waals surface area contributed by atoms with E-state index in [0.29, 0.717) is 0 Å². The van der Waals surface area contributed by atoms with Crippen LogP contribution in [0.15, 0.2) is 0 Å². The maximum atomic E-state index is 10.8. The average molecular weight is 497 g/mol. The molecule has 14 heteroatoms. The SMILES string of the molecule is CCC(O)C(OC1OC(C)C(NC2C(O)C(O)C(O)C3(CO)OC23)C(O)C1O)C(O)C(O)C=O. The highest BCUT2D eigenvalue weighted by atomic mass is 16.7. The molecule has 14 nitrogen and oxygen atoms in total. The van der Waals surface area contributed by atoms with Gasteiger partial charge in [-0.1, -0.05) is 6.92 Å². The third-order valence-electron chi connectivity index (χ3n) is 7.04. The molecule has 2 saturated heterocycles. The highest BCUT2D eigenvalue weighted by Crippen LogP contribution is 2.48. The molecule has 0 aromatic rings. The molecule has 0 spiro atoms. The number of aliphatic hydroxyl groups is 9. The van der Waals surface area contributed by atoms with Crippen molar-refractivity contribution in [3.8, 4) is 0 Å². The van der Waals surface area contributed by atoms with E-state index in [-0.39, 0.29) is 12.7 Å². The van der Waals surface area contributed by atoms with Crippen molar-refractivity contribution in [2.45, 2.75) is 111 Å². The Bertz CT molecular complexity index is 701. The van der Waals surface area contributed by atoms with Crippen molar-refractivity contribution >= 4 is 6.29 Å². The first kappa shape index (κ1) is 27.7. The molecular formula is C20H35NO13. The maximum absolute atomic E-state index is 10.8. The second-order valence-electron chi connectivity index (χ2n) is 9.18. The second kappa shape index (κ2) is 10.6. The Kier molecular flexibility index (Phi) is 8.68. The van der Waals surface area contributed by atoms with E-state index in [1.807, 2.05) is 0 Å². The molecule has 198 valence electrons. The molecule has 3 aliphatic rings. The van der Waals surface area contributed by atoms with Crippen molar-refractivity contribution in [1.82, 2.24) is 5.32 Å². The van der Waals surface area contributed by atoms with E-state index in [1.54, 1.807) is 6.92 Å². The molecule has 0 amide bonds. The summed E-state index contributed by atoms with van der Waals surface area (Å²) >= 11 is 0. The Morgan fingerprint density at radius 1 is 1.03 bits per heavy atom. The van der Waals surface area contributed by atoms with Crippen LogP contribution in [0.5, 0.6) is 0 Å². The van der Waals surface area contributed by atoms with E-state index in [0.717, 1.165) is 0 Å². The summed E-state index contributed by atoms with van der Waals surface area (Å²) in [6, 6.07) is -2.09. The van der Waals surface area contributed by atoms with Crippen molar-refractivity contribution in [2.24, 2.45) is 0 Å². The number of rotatable bonds is 10. The number of hydrogen-bond acceptors (Lipinski definition) is 14. The first-order valence-corrected chi connectivity index (χ1v) is 11.2. The van der Waals surface area contributed by atoms with Crippen molar-refractivity contribution < 1.29 is 65.0 Å². The van der Waals surface area contributed by atoms with Crippen LogP contribution in [-0.2, 0) is 19.0 Å². The zero-order valence-electron chi connectivity index (χ0n) is 18.7. The summed E-state index contributed by atoms with van der Waals surface area (Å²) in [5.41, 5.74) is -1.47. The van der Waals surface area contributed by atoms with E-state index < -0.39 is 97.7 Å². The molecule has 0 radical (unpaired) electrons. The molecule has 2 heterocycles. The lowest BCUT2D eigenvalue weighted by molar-refractivity contribution is -0.306. The molecule has 0 aromatic heterocycles.